The van der Waals surface area contributed by atoms with Gasteiger partial charge in [0.25, 0.3) is 0 Å². The van der Waals surface area contributed by atoms with Crippen LogP contribution >= 0.6 is 0 Å². The van der Waals surface area contributed by atoms with Gasteiger partial charge >= 0.3 is 11.9 Å². The molecule has 2 saturated heterocycles. The predicted octanol–water partition coefficient (Wildman–Crippen LogP) is 7.55. The first-order valence-corrected chi connectivity index (χ1v) is 17.4. The molecule has 2 aliphatic rings. The zero-order valence-corrected chi connectivity index (χ0v) is 26.7. The van der Waals surface area contributed by atoms with Crippen LogP contribution in [0.1, 0.15) is 168 Å². The highest BCUT2D eigenvalue weighted by Gasteiger charge is 2.59. The number of hydrogen-bond acceptors (Lipinski definition) is 6. The van der Waals surface area contributed by atoms with Crippen LogP contribution in [0.5, 0.6) is 0 Å². The summed E-state index contributed by atoms with van der Waals surface area (Å²) in [6.07, 6.45) is 23.3. The van der Waals surface area contributed by atoms with Gasteiger partial charge in [0.15, 0.2) is 0 Å². The largest absolute Gasteiger partial charge is 0.479 e. The number of epoxide rings is 2. The Bertz CT molecular complexity index is 698. The Morgan fingerprint density at radius 3 is 1.02 bits per heavy atom. The molecule has 42 heavy (non-hydrogen) atoms. The number of unbranched alkanes of at least 4 members (excludes halogenated alkanes) is 14. The monoisotopic (exact) mass is 598 g/mol. The van der Waals surface area contributed by atoms with Crippen LogP contribution in [0.4, 0.5) is 0 Å². The summed E-state index contributed by atoms with van der Waals surface area (Å²) in [4.78, 5) is 24.1. The van der Waals surface area contributed by atoms with Gasteiger partial charge in [0, 0.05) is 0 Å². The van der Waals surface area contributed by atoms with Gasteiger partial charge in [-0.05, 0) is 51.4 Å². The zero-order valence-electron chi connectivity index (χ0n) is 26.7. The summed E-state index contributed by atoms with van der Waals surface area (Å²) in [5.41, 5.74) is -5.48. The summed E-state index contributed by atoms with van der Waals surface area (Å²) >= 11 is 0. The number of carbonyl (C=O) groups is 2. The number of hydrogen-bond donors (Lipinski definition) is 4. The highest BCUT2D eigenvalue weighted by Crippen LogP contribution is 2.37. The van der Waals surface area contributed by atoms with E-state index in [2.05, 4.69) is 13.8 Å². The number of rotatable bonds is 29. The maximum atomic E-state index is 12.1. The average Bonchev–Trinajstić information content (AvgIpc) is 3.89. The first-order chi connectivity index (χ1) is 20.2. The molecule has 2 rings (SSSR count). The predicted molar refractivity (Wildman–Crippen MR) is 165 cm³/mol. The van der Waals surface area contributed by atoms with Gasteiger partial charge in [0.2, 0.25) is 11.2 Å². The number of aliphatic carboxylic acids is 2. The molecule has 4 N–H and O–H groups in total. The highest BCUT2D eigenvalue weighted by molar-refractivity contribution is 5.90. The fourth-order valence-electron chi connectivity index (χ4n) is 6.41. The Balaban J connectivity index is 1.62. The normalized spacial score (nSPS) is 24.2. The molecule has 2 fully saturated rings. The standard InChI is InChI=1S/C34H62O8/c1-3-5-7-9-11-13-15-21-27-29(41-27)23-17-19-25-33(39,31(35)36)34(40,32(37)38)26-20-18-24-30-28(42-30)22-16-14-12-10-8-6-4-2/h27-30,39-40H,3-26H2,1-2H3,(H,35,36)(H,37,38). The number of carboxylic acids is 2. The quantitative estimate of drug-likeness (QED) is 0.0511. The van der Waals surface area contributed by atoms with E-state index in [0.29, 0.717) is 25.7 Å². The lowest BCUT2D eigenvalue weighted by atomic mass is 9.75. The third kappa shape index (κ3) is 12.8. The van der Waals surface area contributed by atoms with Gasteiger partial charge in [-0.25, -0.2) is 9.59 Å². The van der Waals surface area contributed by atoms with Crippen molar-refractivity contribution < 1.29 is 39.5 Å². The lowest BCUT2D eigenvalue weighted by molar-refractivity contribution is -0.210. The van der Waals surface area contributed by atoms with Crippen molar-refractivity contribution in [2.45, 2.75) is 204 Å². The molecule has 0 aliphatic carbocycles. The zero-order chi connectivity index (χ0) is 30.8. The smallest absolute Gasteiger partial charge is 0.339 e. The minimum Gasteiger partial charge on any atom is -0.479 e. The molecular weight excluding hydrogens is 536 g/mol. The van der Waals surface area contributed by atoms with Crippen LogP contribution in [0, 0.1) is 0 Å². The van der Waals surface area contributed by atoms with Crippen LogP contribution in [0.3, 0.4) is 0 Å². The van der Waals surface area contributed by atoms with E-state index in [0.717, 1.165) is 38.5 Å². The Hall–Kier alpha value is -1.22. The fraction of sp³-hybridized carbons (Fsp3) is 0.941. The second-order valence-electron chi connectivity index (χ2n) is 13.1. The van der Waals surface area contributed by atoms with E-state index in [1.165, 1.54) is 77.0 Å². The molecular formula is C34H62O8. The Morgan fingerprint density at radius 1 is 0.476 bits per heavy atom. The van der Waals surface area contributed by atoms with Crippen molar-refractivity contribution in [3.63, 3.8) is 0 Å². The van der Waals surface area contributed by atoms with Crippen molar-refractivity contribution in [1.29, 1.82) is 0 Å². The number of aliphatic hydroxyl groups is 2. The first-order valence-electron chi connectivity index (χ1n) is 17.4. The van der Waals surface area contributed by atoms with E-state index in [4.69, 9.17) is 9.47 Å². The molecule has 246 valence electrons. The third-order valence-electron chi connectivity index (χ3n) is 9.51. The van der Waals surface area contributed by atoms with Crippen LogP contribution in [-0.2, 0) is 19.1 Å². The molecule has 2 heterocycles. The third-order valence-corrected chi connectivity index (χ3v) is 9.51. The molecule has 0 bridgehead atoms. The van der Waals surface area contributed by atoms with E-state index in [1.54, 1.807) is 0 Å². The van der Waals surface area contributed by atoms with Crippen molar-refractivity contribution in [3.8, 4) is 0 Å². The molecule has 0 aromatic carbocycles. The molecule has 0 aromatic heterocycles. The van der Waals surface area contributed by atoms with E-state index < -0.39 is 23.1 Å². The van der Waals surface area contributed by atoms with Crippen molar-refractivity contribution in [1.82, 2.24) is 0 Å². The highest BCUT2D eigenvalue weighted by atomic mass is 16.6. The molecule has 0 spiro atoms. The average molecular weight is 599 g/mol. The summed E-state index contributed by atoms with van der Waals surface area (Å²) in [7, 11) is 0. The molecule has 6 unspecified atom stereocenters. The summed E-state index contributed by atoms with van der Waals surface area (Å²) in [5, 5.41) is 41.6. The van der Waals surface area contributed by atoms with Crippen LogP contribution in [0.15, 0.2) is 0 Å². The minimum absolute atomic E-state index is 0.167. The summed E-state index contributed by atoms with van der Waals surface area (Å²) in [6, 6.07) is 0. The maximum absolute atomic E-state index is 12.1. The van der Waals surface area contributed by atoms with E-state index in [1.807, 2.05) is 0 Å². The molecule has 0 saturated carbocycles. The SMILES string of the molecule is CCCCCCCCCC1OC1CCCCC(O)(C(=O)O)C(O)(CCCCC1OC1CCCCCCCCC)C(=O)O. The van der Waals surface area contributed by atoms with Crippen LogP contribution in [0.2, 0.25) is 0 Å². The molecule has 2 aliphatic heterocycles. The Labute approximate surface area is 254 Å². The van der Waals surface area contributed by atoms with E-state index in [-0.39, 0.29) is 37.3 Å². The van der Waals surface area contributed by atoms with E-state index >= 15 is 0 Å². The first kappa shape index (κ1) is 37.0. The van der Waals surface area contributed by atoms with Crippen molar-refractivity contribution in [3.05, 3.63) is 0 Å². The van der Waals surface area contributed by atoms with Gasteiger partial charge in [0.05, 0.1) is 24.4 Å². The van der Waals surface area contributed by atoms with Crippen LogP contribution in [0.25, 0.3) is 0 Å². The van der Waals surface area contributed by atoms with Gasteiger partial charge < -0.3 is 29.9 Å². The topological polar surface area (TPSA) is 140 Å². The van der Waals surface area contributed by atoms with Crippen LogP contribution in [-0.4, -0.2) is 68.0 Å². The molecule has 0 radical (unpaired) electrons. The number of carboxylic acid groups (broad SMARTS) is 2. The summed E-state index contributed by atoms with van der Waals surface area (Å²) in [5.74, 6) is -3.38. The Morgan fingerprint density at radius 2 is 0.738 bits per heavy atom. The van der Waals surface area contributed by atoms with Crippen molar-refractivity contribution in [2.75, 3.05) is 0 Å². The number of ether oxygens (including phenoxy) is 2. The molecule has 0 amide bonds. The van der Waals surface area contributed by atoms with Gasteiger partial charge in [-0.15, -0.1) is 0 Å². The maximum Gasteiger partial charge on any atom is 0.339 e. The van der Waals surface area contributed by atoms with Gasteiger partial charge in [-0.1, -0.05) is 117 Å². The van der Waals surface area contributed by atoms with Gasteiger partial charge in [-0.3, -0.25) is 0 Å². The van der Waals surface area contributed by atoms with Gasteiger partial charge in [0.1, 0.15) is 0 Å². The summed E-state index contributed by atoms with van der Waals surface area (Å²) in [6.45, 7) is 4.44. The lowest BCUT2D eigenvalue weighted by Gasteiger charge is -2.37. The van der Waals surface area contributed by atoms with Crippen LogP contribution < -0.4 is 0 Å². The minimum atomic E-state index is -2.74. The second kappa shape index (κ2) is 19.9. The molecule has 8 heteroatoms. The molecule has 6 atom stereocenters. The van der Waals surface area contributed by atoms with Gasteiger partial charge in [-0.2, -0.15) is 0 Å². The molecule has 8 nitrogen and oxygen atoms in total. The molecule has 0 aromatic rings. The second-order valence-corrected chi connectivity index (χ2v) is 13.1. The van der Waals surface area contributed by atoms with Crippen molar-refractivity contribution >= 4 is 11.9 Å². The Kier molecular flexibility index (Phi) is 17.5. The van der Waals surface area contributed by atoms with Crippen molar-refractivity contribution in [2.24, 2.45) is 0 Å². The summed E-state index contributed by atoms with van der Waals surface area (Å²) < 4.78 is 11.5. The fourth-order valence-corrected chi connectivity index (χ4v) is 6.41. The lowest BCUT2D eigenvalue weighted by Crippen LogP contribution is -2.63. The van der Waals surface area contributed by atoms with E-state index in [9.17, 15) is 30.0 Å².